The second-order valence-electron chi connectivity index (χ2n) is 3.06. The molecular weight excluding hydrogens is 176 g/mol. The van der Waals surface area contributed by atoms with Crippen molar-refractivity contribution in [3.05, 3.63) is 4.91 Å². The number of nitrogens with one attached hydrogen (secondary N) is 1. The summed E-state index contributed by atoms with van der Waals surface area (Å²) >= 11 is 0.896. The quantitative estimate of drug-likeness (QED) is 0.530. The molecule has 0 spiro atoms. The van der Waals surface area contributed by atoms with Gasteiger partial charge in [-0.1, -0.05) is 0 Å². The zero-order valence-corrected chi connectivity index (χ0v) is 8.40. The first-order chi connectivity index (χ1) is 5.52. The maximum atomic E-state index is 11.1. The van der Waals surface area contributed by atoms with Crippen molar-refractivity contribution in [2.75, 3.05) is 6.54 Å². The van der Waals surface area contributed by atoms with Crippen LogP contribution in [-0.4, -0.2) is 17.2 Å². The van der Waals surface area contributed by atoms with E-state index in [-0.39, 0.29) is 5.91 Å². The SMILES string of the molecule is CCNC(=O)CC(C)(C)SN=O. The maximum absolute atomic E-state index is 11.1. The Bertz CT molecular complexity index is 171. The number of carbonyl (C=O) groups is 1. The van der Waals surface area contributed by atoms with Gasteiger partial charge in [0, 0.05) is 34.2 Å². The molecule has 0 saturated carbocycles. The first-order valence-electron chi connectivity index (χ1n) is 3.79. The van der Waals surface area contributed by atoms with Crippen LogP contribution in [-0.2, 0) is 4.79 Å². The van der Waals surface area contributed by atoms with E-state index in [1.165, 1.54) is 0 Å². The van der Waals surface area contributed by atoms with Crippen molar-refractivity contribution in [2.45, 2.75) is 31.9 Å². The Morgan fingerprint density at radius 3 is 2.58 bits per heavy atom. The zero-order valence-electron chi connectivity index (χ0n) is 7.59. The number of hydrogen-bond donors (Lipinski definition) is 1. The summed E-state index contributed by atoms with van der Waals surface area (Å²) in [5.74, 6) is -0.0429. The van der Waals surface area contributed by atoms with Crippen LogP contribution in [0, 0.1) is 4.91 Å². The van der Waals surface area contributed by atoms with Gasteiger partial charge < -0.3 is 5.32 Å². The lowest BCUT2D eigenvalue weighted by molar-refractivity contribution is -0.121. The molecule has 0 unspecified atom stereocenters. The fourth-order valence-electron chi connectivity index (χ4n) is 0.779. The molecule has 0 atom stereocenters. The average Bonchev–Trinajstić information content (AvgIpc) is 1.85. The molecule has 0 aromatic heterocycles. The molecule has 1 amide bonds. The first-order valence-corrected chi connectivity index (χ1v) is 4.56. The number of amides is 1. The second kappa shape index (κ2) is 5.13. The lowest BCUT2D eigenvalue weighted by Gasteiger charge is -2.17. The lowest BCUT2D eigenvalue weighted by Crippen LogP contribution is -2.29. The molecule has 0 aromatic carbocycles. The molecule has 0 bridgehead atoms. The molecule has 0 heterocycles. The van der Waals surface area contributed by atoms with Gasteiger partial charge in [-0.3, -0.25) is 4.79 Å². The van der Waals surface area contributed by atoms with Crippen molar-refractivity contribution in [1.82, 2.24) is 5.32 Å². The van der Waals surface area contributed by atoms with Crippen LogP contribution < -0.4 is 5.32 Å². The molecular formula is C7H14N2O2S. The minimum atomic E-state index is -0.402. The molecule has 0 aromatic rings. The summed E-state index contributed by atoms with van der Waals surface area (Å²) in [6.07, 6.45) is 0.317. The van der Waals surface area contributed by atoms with Gasteiger partial charge in [-0.2, -0.15) is 0 Å². The van der Waals surface area contributed by atoms with E-state index < -0.39 is 4.75 Å². The molecule has 0 radical (unpaired) electrons. The van der Waals surface area contributed by atoms with Crippen LogP contribution in [0.2, 0.25) is 0 Å². The minimum absolute atomic E-state index is 0.0429. The Labute approximate surface area is 76.6 Å². The van der Waals surface area contributed by atoms with Gasteiger partial charge in [0.05, 0.1) is 0 Å². The highest BCUT2D eigenvalue weighted by atomic mass is 32.2. The van der Waals surface area contributed by atoms with Crippen molar-refractivity contribution >= 4 is 17.9 Å². The molecule has 70 valence electrons. The highest BCUT2D eigenvalue weighted by Crippen LogP contribution is 2.28. The van der Waals surface area contributed by atoms with Gasteiger partial charge in [-0.25, -0.2) is 0 Å². The maximum Gasteiger partial charge on any atom is 0.221 e. The van der Waals surface area contributed by atoms with Crippen LogP contribution >= 0.6 is 11.9 Å². The minimum Gasteiger partial charge on any atom is -0.356 e. The fraction of sp³-hybridized carbons (Fsp3) is 0.857. The Morgan fingerprint density at radius 1 is 1.58 bits per heavy atom. The number of nitroso groups, excluding NO2 is 1. The van der Waals surface area contributed by atoms with Crippen LogP contribution in [0.15, 0.2) is 4.58 Å². The molecule has 0 saturated heterocycles. The molecule has 5 heteroatoms. The Balaban J connectivity index is 3.87. The van der Waals surface area contributed by atoms with Crippen LogP contribution in [0.3, 0.4) is 0 Å². The largest absolute Gasteiger partial charge is 0.356 e. The topological polar surface area (TPSA) is 58.5 Å². The standard InChI is InChI=1S/C7H14N2O2S/c1-4-8-6(10)5-7(2,3)12-9-11/h4-5H2,1-3H3,(H,8,10). The van der Waals surface area contributed by atoms with Crippen molar-refractivity contribution in [3.8, 4) is 0 Å². The molecule has 0 aliphatic rings. The molecule has 0 aliphatic carbocycles. The summed E-state index contributed by atoms with van der Waals surface area (Å²) in [6, 6.07) is 0. The summed E-state index contributed by atoms with van der Waals surface area (Å²) < 4.78 is 2.31. The molecule has 0 fully saturated rings. The smallest absolute Gasteiger partial charge is 0.221 e. The number of rotatable bonds is 5. The van der Waals surface area contributed by atoms with Gasteiger partial charge in [0.2, 0.25) is 5.91 Å². The Morgan fingerprint density at radius 2 is 2.17 bits per heavy atom. The number of hydrogen-bond acceptors (Lipinski definition) is 4. The molecule has 0 aliphatic heterocycles. The van der Waals surface area contributed by atoms with E-state index in [0.717, 1.165) is 11.9 Å². The van der Waals surface area contributed by atoms with Crippen molar-refractivity contribution < 1.29 is 4.79 Å². The molecule has 12 heavy (non-hydrogen) atoms. The summed E-state index contributed by atoms with van der Waals surface area (Å²) in [7, 11) is 0. The predicted molar refractivity (Wildman–Crippen MR) is 50.8 cm³/mol. The monoisotopic (exact) mass is 190 g/mol. The summed E-state index contributed by atoms with van der Waals surface area (Å²) in [4.78, 5) is 21.0. The molecule has 1 N–H and O–H groups in total. The van der Waals surface area contributed by atoms with Crippen LogP contribution in [0.25, 0.3) is 0 Å². The van der Waals surface area contributed by atoms with E-state index in [2.05, 4.69) is 9.90 Å². The third kappa shape index (κ3) is 5.12. The van der Waals surface area contributed by atoms with E-state index in [4.69, 9.17) is 0 Å². The van der Waals surface area contributed by atoms with E-state index in [9.17, 15) is 9.70 Å². The van der Waals surface area contributed by atoms with Crippen LogP contribution in [0.5, 0.6) is 0 Å². The summed E-state index contributed by atoms with van der Waals surface area (Å²) in [5.41, 5.74) is 0. The third-order valence-corrected chi connectivity index (χ3v) is 1.96. The van der Waals surface area contributed by atoms with Crippen molar-refractivity contribution in [1.29, 1.82) is 0 Å². The summed E-state index contributed by atoms with van der Waals surface area (Å²) in [5, 5.41) is 2.66. The highest BCUT2D eigenvalue weighted by Gasteiger charge is 2.23. The highest BCUT2D eigenvalue weighted by molar-refractivity contribution is 7.99. The number of nitrogens with zero attached hydrogens (tertiary/aromatic N) is 1. The number of carbonyl (C=O) groups excluding carboxylic acids is 1. The van der Waals surface area contributed by atoms with Crippen molar-refractivity contribution in [3.63, 3.8) is 0 Å². The Hall–Kier alpha value is -0.580. The normalized spacial score (nSPS) is 10.9. The van der Waals surface area contributed by atoms with E-state index in [1.807, 2.05) is 20.8 Å². The van der Waals surface area contributed by atoms with Gasteiger partial charge in [0.15, 0.2) is 0 Å². The Kier molecular flexibility index (Phi) is 4.89. The van der Waals surface area contributed by atoms with E-state index in [1.54, 1.807) is 0 Å². The summed E-state index contributed by atoms with van der Waals surface area (Å²) in [6.45, 7) is 6.10. The lowest BCUT2D eigenvalue weighted by atomic mass is 10.1. The second-order valence-corrected chi connectivity index (χ2v) is 4.49. The average molecular weight is 190 g/mol. The predicted octanol–water partition coefficient (Wildman–Crippen LogP) is 1.71. The van der Waals surface area contributed by atoms with E-state index >= 15 is 0 Å². The van der Waals surface area contributed by atoms with Gasteiger partial charge in [-0.05, 0) is 20.8 Å². The van der Waals surface area contributed by atoms with Crippen LogP contribution in [0.4, 0.5) is 0 Å². The van der Waals surface area contributed by atoms with Crippen LogP contribution in [0.1, 0.15) is 27.2 Å². The first kappa shape index (κ1) is 11.4. The van der Waals surface area contributed by atoms with E-state index in [0.29, 0.717) is 13.0 Å². The fourth-order valence-corrected chi connectivity index (χ4v) is 1.18. The van der Waals surface area contributed by atoms with Gasteiger partial charge in [0.1, 0.15) is 0 Å². The van der Waals surface area contributed by atoms with Gasteiger partial charge >= 0.3 is 0 Å². The van der Waals surface area contributed by atoms with Gasteiger partial charge in [0.25, 0.3) is 0 Å². The molecule has 4 nitrogen and oxygen atoms in total. The molecule has 0 rings (SSSR count). The van der Waals surface area contributed by atoms with Gasteiger partial charge in [-0.15, -0.1) is 4.91 Å². The zero-order chi connectivity index (χ0) is 9.61. The van der Waals surface area contributed by atoms with Crippen molar-refractivity contribution in [2.24, 2.45) is 4.58 Å². The third-order valence-electron chi connectivity index (χ3n) is 1.24.